The van der Waals surface area contributed by atoms with E-state index in [4.69, 9.17) is 4.74 Å². The quantitative estimate of drug-likeness (QED) is 0.521. The van der Waals surface area contributed by atoms with Gasteiger partial charge in [0, 0.05) is 4.90 Å². The van der Waals surface area contributed by atoms with Crippen molar-refractivity contribution in [3.8, 4) is 5.75 Å². The Labute approximate surface area is 120 Å². The lowest BCUT2D eigenvalue weighted by Crippen LogP contribution is -1.97. The van der Waals surface area contributed by atoms with E-state index in [0.29, 0.717) is 0 Å². The number of rotatable bonds is 7. The first-order chi connectivity index (χ1) is 9.34. The highest BCUT2D eigenvalue weighted by Gasteiger charge is 1.95. The Morgan fingerprint density at radius 1 is 0.895 bits per heavy atom. The van der Waals surface area contributed by atoms with Crippen molar-refractivity contribution in [2.75, 3.05) is 12.4 Å². The Bertz CT molecular complexity index is 464. The first-order valence-electron chi connectivity index (χ1n) is 6.72. The molecule has 0 N–H and O–H groups in total. The molecule has 2 aromatic carbocycles. The maximum atomic E-state index is 5.66. The summed E-state index contributed by atoms with van der Waals surface area (Å²) in [6.07, 6.45) is 2.29. The SMILES string of the molecule is Cc1ccc(SCCCCOc2ccccc2)cc1. The zero-order chi connectivity index (χ0) is 13.3. The minimum atomic E-state index is 0.804. The second-order valence-electron chi connectivity index (χ2n) is 4.53. The highest BCUT2D eigenvalue weighted by Crippen LogP contribution is 2.19. The molecule has 0 aliphatic rings. The predicted molar refractivity (Wildman–Crippen MR) is 83.1 cm³/mol. The van der Waals surface area contributed by atoms with Gasteiger partial charge in [0.2, 0.25) is 0 Å². The van der Waals surface area contributed by atoms with Gasteiger partial charge in [-0.15, -0.1) is 11.8 Å². The Balaban J connectivity index is 1.56. The minimum absolute atomic E-state index is 0.804. The summed E-state index contributed by atoms with van der Waals surface area (Å²) in [5.74, 6) is 2.12. The molecule has 100 valence electrons. The summed E-state index contributed by atoms with van der Waals surface area (Å²) in [7, 11) is 0. The van der Waals surface area contributed by atoms with Gasteiger partial charge in [-0.1, -0.05) is 35.9 Å². The molecule has 2 aromatic rings. The van der Waals surface area contributed by atoms with Gasteiger partial charge in [-0.3, -0.25) is 0 Å². The molecule has 1 nitrogen and oxygen atoms in total. The van der Waals surface area contributed by atoms with Gasteiger partial charge in [0.1, 0.15) is 5.75 Å². The van der Waals surface area contributed by atoms with Crippen LogP contribution in [0.5, 0.6) is 5.75 Å². The lowest BCUT2D eigenvalue weighted by atomic mass is 10.2. The highest BCUT2D eigenvalue weighted by atomic mass is 32.2. The van der Waals surface area contributed by atoms with Crippen LogP contribution < -0.4 is 4.74 Å². The van der Waals surface area contributed by atoms with Gasteiger partial charge < -0.3 is 4.74 Å². The number of benzene rings is 2. The van der Waals surface area contributed by atoms with Crippen LogP contribution in [0.25, 0.3) is 0 Å². The number of ether oxygens (including phenoxy) is 1. The molecular formula is C17H20OS. The van der Waals surface area contributed by atoms with Crippen molar-refractivity contribution in [3.63, 3.8) is 0 Å². The molecule has 0 saturated carbocycles. The normalized spacial score (nSPS) is 10.4. The first kappa shape index (κ1) is 14.0. The average molecular weight is 272 g/mol. The van der Waals surface area contributed by atoms with Crippen LogP contribution in [0, 0.1) is 6.92 Å². The molecule has 0 aliphatic carbocycles. The molecule has 0 saturated heterocycles. The third kappa shape index (κ3) is 5.39. The van der Waals surface area contributed by atoms with E-state index >= 15 is 0 Å². The largest absolute Gasteiger partial charge is 0.494 e. The summed E-state index contributed by atoms with van der Waals surface area (Å²) >= 11 is 1.92. The van der Waals surface area contributed by atoms with Crippen molar-refractivity contribution in [1.82, 2.24) is 0 Å². The fourth-order valence-corrected chi connectivity index (χ4v) is 2.65. The molecule has 0 aliphatic heterocycles. The van der Waals surface area contributed by atoms with Crippen molar-refractivity contribution in [1.29, 1.82) is 0 Å². The molecule has 0 aromatic heterocycles. The number of aryl methyl sites for hydroxylation is 1. The Morgan fingerprint density at radius 2 is 1.63 bits per heavy atom. The van der Waals surface area contributed by atoms with Gasteiger partial charge in [-0.05, 0) is 49.8 Å². The van der Waals surface area contributed by atoms with Gasteiger partial charge in [-0.2, -0.15) is 0 Å². The first-order valence-corrected chi connectivity index (χ1v) is 7.70. The lowest BCUT2D eigenvalue weighted by molar-refractivity contribution is 0.310. The zero-order valence-electron chi connectivity index (χ0n) is 11.3. The van der Waals surface area contributed by atoms with E-state index < -0.39 is 0 Å². The average Bonchev–Trinajstić information content (AvgIpc) is 2.46. The van der Waals surface area contributed by atoms with Gasteiger partial charge in [0.05, 0.1) is 6.61 Å². The zero-order valence-corrected chi connectivity index (χ0v) is 12.2. The van der Waals surface area contributed by atoms with Crippen LogP contribution in [0.15, 0.2) is 59.5 Å². The van der Waals surface area contributed by atoms with Crippen molar-refractivity contribution in [2.24, 2.45) is 0 Å². The summed E-state index contributed by atoms with van der Waals surface area (Å²) < 4.78 is 5.66. The molecule has 2 rings (SSSR count). The number of para-hydroxylation sites is 1. The number of unbranched alkanes of at least 4 members (excludes halogenated alkanes) is 1. The van der Waals surface area contributed by atoms with Crippen molar-refractivity contribution < 1.29 is 4.74 Å². The topological polar surface area (TPSA) is 9.23 Å². The molecule has 0 unspecified atom stereocenters. The molecular weight excluding hydrogens is 252 g/mol. The third-order valence-corrected chi connectivity index (χ3v) is 3.94. The smallest absolute Gasteiger partial charge is 0.119 e. The van der Waals surface area contributed by atoms with Gasteiger partial charge in [0.25, 0.3) is 0 Å². The molecule has 19 heavy (non-hydrogen) atoms. The standard InChI is InChI=1S/C17H20OS/c1-15-9-11-17(12-10-15)19-14-6-5-13-18-16-7-3-2-4-8-16/h2-4,7-12H,5-6,13-14H2,1H3. The molecule has 0 bridgehead atoms. The van der Waals surface area contributed by atoms with Crippen LogP contribution in [0.4, 0.5) is 0 Å². The van der Waals surface area contributed by atoms with Crippen LogP contribution >= 0.6 is 11.8 Å². The van der Waals surface area contributed by atoms with Crippen LogP contribution in [0.2, 0.25) is 0 Å². The predicted octanol–water partition coefficient (Wildman–Crippen LogP) is 4.95. The van der Waals surface area contributed by atoms with Crippen LogP contribution in [-0.2, 0) is 0 Å². The molecule has 0 fully saturated rings. The van der Waals surface area contributed by atoms with Gasteiger partial charge in [0.15, 0.2) is 0 Å². The second-order valence-corrected chi connectivity index (χ2v) is 5.70. The Morgan fingerprint density at radius 3 is 2.37 bits per heavy atom. The van der Waals surface area contributed by atoms with Crippen molar-refractivity contribution >= 4 is 11.8 Å². The van der Waals surface area contributed by atoms with E-state index in [2.05, 4.69) is 31.2 Å². The fraction of sp³-hybridized carbons (Fsp3) is 0.294. The molecule has 0 radical (unpaired) electrons. The van der Waals surface area contributed by atoms with Crippen molar-refractivity contribution in [2.45, 2.75) is 24.7 Å². The highest BCUT2D eigenvalue weighted by molar-refractivity contribution is 7.99. The van der Waals surface area contributed by atoms with Crippen molar-refractivity contribution in [3.05, 3.63) is 60.2 Å². The summed E-state index contributed by atoms with van der Waals surface area (Å²) in [4.78, 5) is 1.36. The van der Waals surface area contributed by atoms with Crippen LogP contribution in [0.3, 0.4) is 0 Å². The molecule has 0 spiro atoms. The fourth-order valence-electron chi connectivity index (χ4n) is 1.74. The molecule has 0 amide bonds. The third-order valence-electron chi connectivity index (χ3n) is 2.84. The minimum Gasteiger partial charge on any atom is -0.494 e. The monoisotopic (exact) mass is 272 g/mol. The van der Waals surface area contributed by atoms with E-state index in [1.807, 2.05) is 42.1 Å². The molecule has 0 atom stereocenters. The summed E-state index contributed by atoms with van der Waals surface area (Å²) in [6, 6.07) is 18.7. The van der Waals surface area contributed by atoms with Crippen LogP contribution in [-0.4, -0.2) is 12.4 Å². The van der Waals surface area contributed by atoms with E-state index in [-0.39, 0.29) is 0 Å². The number of thioether (sulfide) groups is 1. The number of hydrogen-bond donors (Lipinski definition) is 0. The molecule has 0 heterocycles. The van der Waals surface area contributed by atoms with E-state index in [0.717, 1.165) is 24.5 Å². The maximum Gasteiger partial charge on any atom is 0.119 e. The van der Waals surface area contributed by atoms with Gasteiger partial charge >= 0.3 is 0 Å². The second kappa shape index (κ2) is 7.90. The van der Waals surface area contributed by atoms with E-state index in [1.54, 1.807) is 0 Å². The number of hydrogen-bond acceptors (Lipinski definition) is 2. The van der Waals surface area contributed by atoms with E-state index in [9.17, 15) is 0 Å². The Hall–Kier alpha value is -1.41. The van der Waals surface area contributed by atoms with Crippen LogP contribution in [0.1, 0.15) is 18.4 Å². The summed E-state index contributed by atoms with van der Waals surface area (Å²) in [5, 5.41) is 0. The lowest BCUT2D eigenvalue weighted by Gasteiger charge is -2.05. The summed E-state index contributed by atoms with van der Waals surface area (Å²) in [6.45, 7) is 2.92. The molecule has 2 heteroatoms. The maximum absolute atomic E-state index is 5.66. The van der Waals surface area contributed by atoms with Gasteiger partial charge in [-0.25, -0.2) is 0 Å². The Kier molecular flexibility index (Phi) is 5.83. The summed E-state index contributed by atoms with van der Waals surface area (Å²) in [5.41, 5.74) is 1.32. The van der Waals surface area contributed by atoms with E-state index in [1.165, 1.54) is 16.9 Å².